The molecule has 0 spiro atoms. The van der Waals surface area contributed by atoms with Crippen LogP contribution in [-0.4, -0.2) is 60.5 Å². The number of nitrogens with two attached hydrogens (primary N) is 1. The summed E-state index contributed by atoms with van der Waals surface area (Å²) in [7, 11) is 3.91. The highest BCUT2D eigenvalue weighted by molar-refractivity contribution is 6.03. The standard InChI is InChI=1S/C20H18N8O/c1-26(2)9-3-4-14-5-6-15(12-23-14)28-10-7-16-18(28)17(19(21)29)25-20(24-16)27-11-8-22-13-27/h5-8,10-13H,9H2,1-2H3,(H2,21,29). The van der Waals surface area contributed by atoms with Crippen molar-refractivity contribution in [3.63, 3.8) is 0 Å². The maximum atomic E-state index is 12.1. The van der Waals surface area contributed by atoms with E-state index in [1.165, 1.54) is 0 Å². The van der Waals surface area contributed by atoms with Crippen molar-refractivity contribution >= 4 is 16.9 Å². The Kier molecular flexibility index (Phi) is 4.76. The van der Waals surface area contributed by atoms with Crippen molar-refractivity contribution in [1.29, 1.82) is 0 Å². The van der Waals surface area contributed by atoms with Crippen LogP contribution in [0, 0.1) is 11.8 Å². The number of carbonyl (C=O) groups is 1. The summed E-state index contributed by atoms with van der Waals surface area (Å²) in [6, 6.07) is 5.50. The van der Waals surface area contributed by atoms with E-state index in [4.69, 9.17) is 5.73 Å². The van der Waals surface area contributed by atoms with Crippen molar-refractivity contribution in [1.82, 2.24) is 34.0 Å². The largest absolute Gasteiger partial charge is 0.364 e. The summed E-state index contributed by atoms with van der Waals surface area (Å²) >= 11 is 0. The molecule has 0 aliphatic rings. The number of imidazole rings is 1. The van der Waals surface area contributed by atoms with E-state index in [2.05, 4.69) is 31.8 Å². The van der Waals surface area contributed by atoms with E-state index < -0.39 is 5.91 Å². The molecule has 0 saturated carbocycles. The number of carbonyl (C=O) groups excluding carboxylic acids is 1. The molecule has 4 rings (SSSR count). The number of hydrogen-bond acceptors (Lipinski definition) is 6. The number of aromatic nitrogens is 6. The van der Waals surface area contributed by atoms with Crippen LogP contribution in [0.5, 0.6) is 0 Å². The van der Waals surface area contributed by atoms with Crippen LogP contribution in [0.2, 0.25) is 0 Å². The highest BCUT2D eigenvalue weighted by atomic mass is 16.1. The predicted octanol–water partition coefficient (Wildman–Crippen LogP) is 1.01. The molecule has 9 nitrogen and oxygen atoms in total. The highest BCUT2D eigenvalue weighted by Gasteiger charge is 2.18. The van der Waals surface area contributed by atoms with E-state index in [0.29, 0.717) is 29.2 Å². The van der Waals surface area contributed by atoms with Crippen LogP contribution in [0.4, 0.5) is 0 Å². The third-order valence-electron chi connectivity index (χ3n) is 4.13. The molecule has 9 heteroatoms. The molecule has 0 unspecified atom stereocenters. The van der Waals surface area contributed by atoms with Crippen LogP contribution in [0.15, 0.2) is 49.3 Å². The second-order valence-corrected chi connectivity index (χ2v) is 6.57. The van der Waals surface area contributed by atoms with E-state index in [1.807, 2.05) is 31.1 Å². The quantitative estimate of drug-likeness (QED) is 0.525. The van der Waals surface area contributed by atoms with Crippen LogP contribution in [-0.2, 0) is 0 Å². The first kappa shape index (κ1) is 18.3. The van der Waals surface area contributed by atoms with Gasteiger partial charge in [0.25, 0.3) is 5.91 Å². The molecular formula is C20H18N8O. The monoisotopic (exact) mass is 386 g/mol. The summed E-state index contributed by atoms with van der Waals surface area (Å²) in [5.41, 5.74) is 8.26. The van der Waals surface area contributed by atoms with Crippen molar-refractivity contribution in [2.24, 2.45) is 5.73 Å². The summed E-state index contributed by atoms with van der Waals surface area (Å²) in [6.07, 6.45) is 8.36. The van der Waals surface area contributed by atoms with Crippen LogP contribution >= 0.6 is 0 Å². The lowest BCUT2D eigenvalue weighted by molar-refractivity contribution is 0.0997. The molecule has 29 heavy (non-hydrogen) atoms. The molecule has 0 fully saturated rings. The molecule has 4 heterocycles. The first-order valence-corrected chi connectivity index (χ1v) is 8.80. The minimum Gasteiger partial charge on any atom is -0.364 e. The van der Waals surface area contributed by atoms with E-state index in [-0.39, 0.29) is 5.69 Å². The fourth-order valence-corrected chi connectivity index (χ4v) is 2.80. The molecule has 0 saturated heterocycles. The molecular weight excluding hydrogens is 368 g/mol. The summed E-state index contributed by atoms with van der Waals surface area (Å²) in [4.78, 5) is 31.3. The zero-order chi connectivity index (χ0) is 20.4. The number of rotatable bonds is 4. The number of fused-ring (bicyclic) bond motifs is 1. The van der Waals surface area contributed by atoms with Gasteiger partial charge in [0.15, 0.2) is 5.69 Å². The highest BCUT2D eigenvalue weighted by Crippen LogP contribution is 2.22. The maximum Gasteiger partial charge on any atom is 0.269 e. The average Bonchev–Trinajstić information content (AvgIpc) is 3.37. The van der Waals surface area contributed by atoms with Crippen molar-refractivity contribution in [3.05, 3.63) is 60.7 Å². The van der Waals surface area contributed by atoms with Crippen molar-refractivity contribution < 1.29 is 4.79 Å². The van der Waals surface area contributed by atoms with Gasteiger partial charge in [-0.2, -0.15) is 0 Å². The number of hydrogen-bond donors (Lipinski definition) is 1. The van der Waals surface area contributed by atoms with Gasteiger partial charge in [0, 0.05) is 18.6 Å². The number of pyridine rings is 1. The van der Waals surface area contributed by atoms with Gasteiger partial charge in [-0.1, -0.05) is 5.92 Å². The second-order valence-electron chi connectivity index (χ2n) is 6.57. The molecule has 4 aromatic heterocycles. The zero-order valence-corrected chi connectivity index (χ0v) is 15.9. The Labute approximate surface area is 166 Å². The topological polar surface area (TPSA) is 108 Å². The van der Waals surface area contributed by atoms with Crippen LogP contribution in [0.3, 0.4) is 0 Å². The van der Waals surface area contributed by atoms with E-state index >= 15 is 0 Å². The van der Waals surface area contributed by atoms with Gasteiger partial charge in [-0.05, 0) is 38.2 Å². The van der Waals surface area contributed by atoms with Crippen LogP contribution in [0.25, 0.3) is 22.7 Å². The minimum atomic E-state index is -0.641. The zero-order valence-electron chi connectivity index (χ0n) is 15.9. The van der Waals surface area contributed by atoms with E-state index in [0.717, 1.165) is 5.69 Å². The van der Waals surface area contributed by atoms with Crippen LogP contribution in [0.1, 0.15) is 16.2 Å². The van der Waals surface area contributed by atoms with Crippen molar-refractivity contribution in [3.8, 4) is 23.5 Å². The molecule has 4 aromatic rings. The van der Waals surface area contributed by atoms with E-state index in [9.17, 15) is 4.79 Å². The summed E-state index contributed by atoms with van der Waals surface area (Å²) in [6.45, 7) is 0.657. The van der Waals surface area contributed by atoms with Crippen molar-refractivity contribution in [2.75, 3.05) is 20.6 Å². The van der Waals surface area contributed by atoms with Gasteiger partial charge < -0.3 is 10.3 Å². The lowest BCUT2D eigenvalue weighted by Crippen LogP contribution is -2.17. The summed E-state index contributed by atoms with van der Waals surface area (Å²) < 4.78 is 3.41. The molecule has 144 valence electrons. The maximum absolute atomic E-state index is 12.1. The summed E-state index contributed by atoms with van der Waals surface area (Å²) in [5, 5.41) is 0. The molecule has 0 atom stereocenters. The fourth-order valence-electron chi connectivity index (χ4n) is 2.80. The molecule has 0 radical (unpaired) electrons. The van der Waals surface area contributed by atoms with Gasteiger partial charge in [-0.15, -0.1) is 0 Å². The van der Waals surface area contributed by atoms with Gasteiger partial charge in [-0.25, -0.2) is 19.9 Å². The van der Waals surface area contributed by atoms with Gasteiger partial charge in [0.05, 0.1) is 23.9 Å². The molecule has 0 aromatic carbocycles. The second kappa shape index (κ2) is 7.53. The Bertz CT molecular complexity index is 1230. The molecule has 0 aliphatic carbocycles. The van der Waals surface area contributed by atoms with Gasteiger partial charge in [0.2, 0.25) is 5.95 Å². The Morgan fingerprint density at radius 3 is 2.72 bits per heavy atom. The van der Waals surface area contributed by atoms with Crippen molar-refractivity contribution in [2.45, 2.75) is 0 Å². The third-order valence-corrected chi connectivity index (χ3v) is 4.13. The Hall–Kier alpha value is -4.03. The Morgan fingerprint density at radius 1 is 1.21 bits per heavy atom. The lowest BCUT2D eigenvalue weighted by atomic mass is 10.3. The number of amides is 1. The van der Waals surface area contributed by atoms with Gasteiger partial charge >= 0.3 is 0 Å². The van der Waals surface area contributed by atoms with Gasteiger partial charge in [0.1, 0.15) is 17.5 Å². The normalized spacial score (nSPS) is 10.9. The lowest BCUT2D eigenvalue weighted by Gasteiger charge is -2.09. The third kappa shape index (κ3) is 3.69. The summed E-state index contributed by atoms with van der Waals surface area (Å²) in [5.74, 6) is 5.75. The average molecular weight is 386 g/mol. The molecule has 0 aliphatic heterocycles. The number of nitrogens with zero attached hydrogens (tertiary/aromatic N) is 7. The van der Waals surface area contributed by atoms with Gasteiger partial charge in [-0.3, -0.25) is 14.3 Å². The first-order valence-electron chi connectivity index (χ1n) is 8.80. The molecule has 2 N–H and O–H groups in total. The predicted molar refractivity (Wildman–Crippen MR) is 108 cm³/mol. The van der Waals surface area contributed by atoms with E-state index in [1.54, 1.807) is 46.3 Å². The van der Waals surface area contributed by atoms with Crippen LogP contribution < -0.4 is 5.73 Å². The smallest absolute Gasteiger partial charge is 0.269 e. The molecule has 0 bridgehead atoms. The molecule has 1 amide bonds. The SMILES string of the molecule is CN(C)CC#Cc1ccc(-n2ccc3nc(-n4ccnc4)nc(C(N)=O)c32)cn1. The Morgan fingerprint density at radius 2 is 2.07 bits per heavy atom. The fraction of sp³-hybridized carbons (Fsp3) is 0.150. The number of primary amides is 1. The minimum absolute atomic E-state index is 0.124. The first-order chi connectivity index (χ1) is 14.0. The Balaban J connectivity index is 1.76.